The maximum atomic E-state index is 12.5. The highest BCUT2D eigenvalue weighted by atomic mass is 79.9. The minimum atomic E-state index is -0.432. The molecule has 8 heteroatoms. The molecule has 1 aliphatic heterocycles. The van der Waals surface area contributed by atoms with Gasteiger partial charge in [0.05, 0.1) is 33.8 Å². The largest absolute Gasteiger partial charge is 0.273 e. The average molecular weight is 419 g/mol. The number of amides is 2. The molecule has 0 fully saturated rings. The number of carbonyl (C=O) groups is 2. The van der Waals surface area contributed by atoms with Gasteiger partial charge in [-0.2, -0.15) is 5.10 Å². The molecule has 2 amide bonds. The summed E-state index contributed by atoms with van der Waals surface area (Å²) in [6, 6.07) is 9.93. The number of hydrogen-bond acceptors (Lipinski definition) is 4. The van der Waals surface area contributed by atoms with Crippen molar-refractivity contribution in [1.82, 2.24) is 15.1 Å². The van der Waals surface area contributed by atoms with Crippen molar-refractivity contribution < 1.29 is 9.59 Å². The summed E-state index contributed by atoms with van der Waals surface area (Å²) in [5, 5.41) is 7.41. The smallest absolute Gasteiger partial charge is 0.269 e. The zero-order valence-corrected chi connectivity index (χ0v) is 14.9. The summed E-state index contributed by atoms with van der Waals surface area (Å²) < 4.78 is 0.668. The number of rotatable bonds is 2. The van der Waals surface area contributed by atoms with E-state index < -0.39 is 5.56 Å². The molecule has 1 aliphatic rings. The van der Waals surface area contributed by atoms with E-state index in [1.54, 1.807) is 36.4 Å². The van der Waals surface area contributed by atoms with Gasteiger partial charge in [-0.15, -0.1) is 0 Å². The molecular formula is C17H9BrClN3O3. The number of halogens is 2. The van der Waals surface area contributed by atoms with Crippen LogP contribution in [0.1, 0.15) is 26.4 Å². The van der Waals surface area contributed by atoms with E-state index in [1.165, 1.54) is 0 Å². The van der Waals surface area contributed by atoms with Crippen molar-refractivity contribution in [2.24, 2.45) is 0 Å². The molecule has 0 bridgehead atoms. The van der Waals surface area contributed by atoms with Crippen molar-refractivity contribution in [1.29, 1.82) is 0 Å². The maximum absolute atomic E-state index is 12.5. The molecule has 0 saturated heterocycles. The van der Waals surface area contributed by atoms with Crippen LogP contribution in [0.3, 0.4) is 0 Å². The van der Waals surface area contributed by atoms with Gasteiger partial charge in [-0.05, 0) is 24.3 Å². The predicted molar refractivity (Wildman–Crippen MR) is 95.7 cm³/mol. The molecule has 124 valence electrons. The van der Waals surface area contributed by atoms with Crippen molar-refractivity contribution >= 4 is 50.1 Å². The van der Waals surface area contributed by atoms with E-state index in [2.05, 4.69) is 26.1 Å². The Morgan fingerprint density at radius 1 is 1.08 bits per heavy atom. The number of aromatic nitrogens is 2. The summed E-state index contributed by atoms with van der Waals surface area (Å²) in [4.78, 5) is 38.2. The maximum Gasteiger partial charge on any atom is 0.273 e. The SMILES string of the molecule is O=C1c2ccccc2C(=O)N1Cc1n[nH]c(=O)c2c(Cl)cc(Br)cc12. The van der Waals surface area contributed by atoms with Crippen LogP contribution in [0, 0.1) is 0 Å². The lowest BCUT2D eigenvalue weighted by Gasteiger charge is -2.14. The molecule has 1 N–H and O–H groups in total. The number of benzene rings is 2. The lowest BCUT2D eigenvalue weighted by Crippen LogP contribution is -2.30. The van der Waals surface area contributed by atoms with Gasteiger partial charge < -0.3 is 0 Å². The second-order valence-electron chi connectivity index (χ2n) is 5.55. The Hall–Kier alpha value is -2.51. The van der Waals surface area contributed by atoms with Crippen LogP contribution >= 0.6 is 27.5 Å². The first-order chi connectivity index (χ1) is 12.0. The third kappa shape index (κ3) is 2.47. The Morgan fingerprint density at radius 2 is 1.72 bits per heavy atom. The second-order valence-corrected chi connectivity index (χ2v) is 6.87. The molecule has 2 heterocycles. The fourth-order valence-corrected chi connectivity index (χ4v) is 3.81. The number of aromatic amines is 1. The average Bonchev–Trinajstić information content (AvgIpc) is 2.82. The van der Waals surface area contributed by atoms with Crippen LogP contribution in [0.4, 0.5) is 0 Å². The van der Waals surface area contributed by atoms with E-state index in [9.17, 15) is 14.4 Å². The fraction of sp³-hybridized carbons (Fsp3) is 0.0588. The van der Waals surface area contributed by atoms with Gasteiger partial charge >= 0.3 is 0 Å². The second kappa shape index (κ2) is 5.79. The highest BCUT2D eigenvalue weighted by Crippen LogP contribution is 2.29. The van der Waals surface area contributed by atoms with Gasteiger partial charge in [0, 0.05) is 9.86 Å². The van der Waals surface area contributed by atoms with Gasteiger partial charge in [0.1, 0.15) is 0 Å². The zero-order chi connectivity index (χ0) is 17.7. The minimum absolute atomic E-state index is 0.0631. The number of hydrogen-bond donors (Lipinski definition) is 1. The Labute approximate surface area is 154 Å². The molecule has 25 heavy (non-hydrogen) atoms. The predicted octanol–water partition coefficient (Wildman–Crippen LogP) is 3.14. The Balaban J connectivity index is 1.83. The Morgan fingerprint density at radius 3 is 2.36 bits per heavy atom. The highest BCUT2D eigenvalue weighted by Gasteiger charge is 2.35. The summed E-state index contributed by atoms with van der Waals surface area (Å²) in [5.74, 6) is -0.773. The lowest BCUT2D eigenvalue weighted by atomic mass is 10.1. The first-order valence-electron chi connectivity index (χ1n) is 7.29. The van der Waals surface area contributed by atoms with Gasteiger partial charge in [0.25, 0.3) is 17.4 Å². The standard InChI is InChI=1S/C17H9BrClN3O3/c18-8-5-11-13(20-21-15(23)14(11)12(19)6-8)7-22-16(24)9-3-1-2-4-10(9)17(22)25/h1-6H,7H2,(H,21,23). The van der Waals surface area contributed by atoms with E-state index in [1.807, 2.05) is 0 Å². The van der Waals surface area contributed by atoms with Crippen LogP contribution in [0.25, 0.3) is 10.8 Å². The Bertz CT molecular complexity index is 1090. The first kappa shape index (κ1) is 16.0. The minimum Gasteiger partial charge on any atom is -0.269 e. The first-order valence-corrected chi connectivity index (χ1v) is 8.46. The van der Waals surface area contributed by atoms with E-state index in [-0.39, 0.29) is 28.8 Å². The molecule has 4 rings (SSSR count). The van der Waals surface area contributed by atoms with Crippen molar-refractivity contribution in [2.45, 2.75) is 6.54 Å². The molecule has 0 radical (unpaired) electrons. The lowest BCUT2D eigenvalue weighted by molar-refractivity contribution is 0.0641. The van der Waals surface area contributed by atoms with Gasteiger partial charge in [0.15, 0.2) is 0 Å². The van der Waals surface area contributed by atoms with Gasteiger partial charge in [0.2, 0.25) is 0 Å². The molecule has 3 aromatic rings. The topological polar surface area (TPSA) is 83.1 Å². The third-order valence-electron chi connectivity index (χ3n) is 4.07. The van der Waals surface area contributed by atoms with Crippen LogP contribution in [0.15, 0.2) is 45.7 Å². The van der Waals surface area contributed by atoms with Crippen molar-refractivity contribution in [3.05, 3.63) is 73.1 Å². The van der Waals surface area contributed by atoms with Crippen molar-refractivity contribution in [2.75, 3.05) is 0 Å². The molecule has 0 atom stereocenters. The van der Waals surface area contributed by atoms with Crippen LogP contribution < -0.4 is 5.56 Å². The quantitative estimate of drug-likeness (QED) is 0.648. The number of H-pyrrole nitrogens is 1. The number of nitrogens with one attached hydrogen (secondary N) is 1. The van der Waals surface area contributed by atoms with Crippen LogP contribution in [0.2, 0.25) is 5.02 Å². The molecule has 0 unspecified atom stereocenters. The van der Waals surface area contributed by atoms with E-state index in [0.29, 0.717) is 26.7 Å². The van der Waals surface area contributed by atoms with Gasteiger partial charge in [-0.1, -0.05) is 39.7 Å². The molecule has 0 aliphatic carbocycles. The molecule has 2 aromatic carbocycles. The Kier molecular flexibility index (Phi) is 3.70. The molecule has 0 spiro atoms. The highest BCUT2D eigenvalue weighted by molar-refractivity contribution is 9.10. The third-order valence-corrected chi connectivity index (χ3v) is 4.83. The number of fused-ring (bicyclic) bond motifs is 2. The molecule has 1 aromatic heterocycles. The van der Waals surface area contributed by atoms with Crippen LogP contribution in [0.5, 0.6) is 0 Å². The van der Waals surface area contributed by atoms with Crippen molar-refractivity contribution in [3.63, 3.8) is 0 Å². The summed E-state index contributed by atoms with van der Waals surface area (Å²) in [7, 11) is 0. The summed E-state index contributed by atoms with van der Waals surface area (Å²) in [5.41, 5.74) is 0.673. The molecule has 0 saturated carbocycles. The summed E-state index contributed by atoms with van der Waals surface area (Å²) in [6.07, 6.45) is 0. The monoisotopic (exact) mass is 417 g/mol. The number of imide groups is 1. The van der Waals surface area contributed by atoms with E-state index in [4.69, 9.17) is 11.6 Å². The van der Waals surface area contributed by atoms with Gasteiger partial charge in [-0.3, -0.25) is 19.3 Å². The van der Waals surface area contributed by atoms with Crippen LogP contribution in [-0.2, 0) is 6.54 Å². The van der Waals surface area contributed by atoms with Crippen LogP contribution in [-0.4, -0.2) is 26.9 Å². The van der Waals surface area contributed by atoms with Gasteiger partial charge in [-0.25, -0.2) is 5.10 Å². The fourth-order valence-electron chi connectivity index (χ4n) is 2.92. The summed E-state index contributed by atoms with van der Waals surface area (Å²) in [6.45, 7) is -0.0631. The molecule has 6 nitrogen and oxygen atoms in total. The number of carbonyl (C=O) groups excluding carboxylic acids is 2. The van der Waals surface area contributed by atoms with E-state index >= 15 is 0 Å². The van der Waals surface area contributed by atoms with E-state index in [0.717, 1.165) is 4.90 Å². The van der Waals surface area contributed by atoms with Crippen molar-refractivity contribution in [3.8, 4) is 0 Å². The number of nitrogens with zero attached hydrogens (tertiary/aromatic N) is 2. The zero-order valence-electron chi connectivity index (χ0n) is 12.5. The normalized spacial score (nSPS) is 13.6. The molecular weight excluding hydrogens is 410 g/mol. The summed E-state index contributed by atoms with van der Waals surface area (Å²) >= 11 is 9.49.